The van der Waals surface area contributed by atoms with Gasteiger partial charge in [-0.05, 0) is 18.2 Å². The molecule has 94 valence electrons. The van der Waals surface area contributed by atoms with Crippen molar-refractivity contribution in [2.24, 2.45) is 0 Å². The van der Waals surface area contributed by atoms with Gasteiger partial charge in [0, 0.05) is 16.5 Å². The molecule has 0 saturated carbocycles. The summed E-state index contributed by atoms with van der Waals surface area (Å²) in [7, 11) is 0. The van der Waals surface area contributed by atoms with E-state index in [4.69, 9.17) is 10.5 Å². The Morgan fingerprint density at radius 1 is 1.44 bits per heavy atom. The second kappa shape index (κ2) is 4.37. The number of nitrogens with two attached hydrogens (primary N) is 1. The van der Waals surface area contributed by atoms with Crippen LogP contribution in [0.15, 0.2) is 22.7 Å². The van der Waals surface area contributed by atoms with Crippen molar-refractivity contribution in [1.82, 2.24) is 9.78 Å². The zero-order chi connectivity index (χ0) is 12.7. The summed E-state index contributed by atoms with van der Waals surface area (Å²) in [6.07, 6.45) is 0.686. The third kappa shape index (κ3) is 1.81. The van der Waals surface area contributed by atoms with Crippen molar-refractivity contribution in [3.8, 4) is 5.69 Å². The van der Waals surface area contributed by atoms with Crippen LogP contribution >= 0.6 is 15.9 Å². The first-order valence-corrected chi connectivity index (χ1v) is 6.35. The van der Waals surface area contributed by atoms with Gasteiger partial charge in [-0.3, -0.25) is 0 Å². The van der Waals surface area contributed by atoms with Gasteiger partial charge in [0.15, 0.2) is 5.82 Å². The smallest absolute Gasteiger partial charge is 0.151 e. The average Bonchev–Trinajstić information content (AvgIpc) is 2.71. The number of hydrogen-bond acceptors (Lipinski definition) is 3. The molecule has 18 heavy (non-hydrogen) atoms. The summed E-state index contributed by atoms with van der Waals surface area (Å²) < 4.78 is 21.6. The van der Waals surface area contributed by atoms with Crippen LogP contribution in [0.3, 0.4) is 0 Å². The Morgan fingerprint density at radius 3 is 3.11 bits per heavy atom. The van der Waals surface area contributed by atoms with Crippen LogP contribution < -0.4 is 5.73 Å². The van der Waals surface area contributed by atoms with E-state index in [-0.39, 0.29) is 5.82 Å². The maximum Gasteiger partial charge on any atom is 0.151 e. The van der Waals surface area contributed by atoms with Crippen LogP contribution in [0.5, 0.6) is 0 Å². The fraction of sp³-hybridized carbons (Fsp3) is 0.250. The van der Waals surface area contributed by atoms with Gasteiger partial charge in [0.05, 0.1) is 18.9 Å². The van der Waals surface area contributed by atoms with E-state index in [1.807, 2.05) is 0 Å². The Balaban J connectivity index is 2.20. The molecule has 0 unspecified atom stereocenters. The lowest BCUT2D eigenvalue weighted by molar-refractivity contribution is 0.110. The highest BCUT2D eigenvalue weighted by Gasteiger charge is 2.22. The monoisotopic (exact) mass is 311 g/mol. The van der Waals surface area contributed by atoms with Crippen molar-refractivity contribution >= 4 is 21.7 Å². The highest BCUT2D eigenvalue weighted by atomic mass is 79.9. The van der Waals surface area contributed by atoms with Crippen molar-refractivity contribution in [2.45, 2.75) is 13.0 Å². The Labute approximate surface area is 112 Å². The normalized spacial score (nSPS) is 14.6. The van der Waals surface area contributed by atoms with Crippen molar-refractivity contribution in [3.63, 3.8) is 0 Å². The number of nitrogens with zero attached hydrogens (tertiary/aromatic N) is 2. The molecule has 1 aliphatic rings. The molecular weight excluding hydrogens is 301 g/mol. The van der Waals surface area contributed by atoms with Gasteiger partial charge in [-0.25, -0.2) is 9.07 Å². The second-order valence-corrected chi connectivity index (χ2v) is 5.04. The molecule has 3 rings (SSSR count). The van der Waals surface area contributed by atoms with Gasteiger partial charge in [0.1, 0.15) is 11.5 Å². The van der Waals surface area contributed by atoms with Crippen LogP contribution in [-0.4, -0.2) is 16.4 Å². The Morgan fingerprint density at radius 2 is 2.28 bits per heavy atom. The van der Waals surface area contributed by atoms with E-state index in [0.29, 0.717) is 31.1 Å². The lowest BCUT2D eigenvalue weighted by Crippen LogP contribution is -2.13. The lowest BCUT2D eigenvalue weighted by Gasteiger charge is -2.15. The Bertz CT molecular complexity index is 612. The first-order chi connectivity index (χ1) is 8.66. The van der Waals surface area contributed by atoms with Gasteiger partial charge in [0.25, 0.3) is 0 Å². The fourth-order valence-electron chi connectivity index (χ4n) is 2.11. The van der Waals surface area contributed by atoms with E-state index in [1.165, 1.54) is 6.07 Å². The highest BCUT2D eigenvalue weighted by Crippen LogP contribution is 2.27. The van der Waals surface area contributed by atoms with Gasteiger partial charge in [-0.1, -0.05) is 15.9 Å². The molecule has 1 aliphatic heterocycles. The van der Waals surface area contributed by atoms with Gasteiger partial charge in [-0.2, -0.15) is 0 Å². The van der Waals surface area contributed by atoms with Gasteiger partial charge in [0.2, 0.25) is 0 Å². The van der Waals surface area contributed by atoms with E-state index in [9.17, 15) is 4.39 Å². The fourth-order valence-corrected chi connectivity index (χ4v) is 2.46. The molecule has 0 amide bonds. The summed E-state index contributed by atoms with van der Waals surface area (Å²) in [6.45, 7) is 1.05. The number of hydrogen-bond donors (Lipinski definition) is 1. The third-order valence-electron chi connectivity index (χ3n) is 2.99. The van der Waals surface area contributed by atoms with E-state index in [1.54, 1.807) is 16.8 Å². The minimum Gasteiger partial charge on any atom is -0.382 e. The first-order valence-electron chi connectivity index (χ1n) is 5.56. The van der Waals surface area contributed by atoms with Crippen molar-refractivity contribution in [1.29, 1.82) is 0 Å². The number of anilines is 1. The highest BCUT2D eigenvalue weighted by molar-refractivity contribution is 9.10. The predicted molar refractivity (Wildman–Crippen MR) is 69.0 cm³/mol. The summed E-state index contributed by atoms with van der Waals surface area (Å²) >= 11 is 3.33. The number of ether oxygens (including phenoxy) is 1. The van der Waals surface area contributed by atoms with Crippen LogP contribution in [0.2, 0.25) is 0 Å². The van der Waals surface area contributed by atoms with E-state index >= 15 is 0 Å². The second-order valence-electron chi connectivity index (χ2n) is 4.12. The molecule has 0 spiro atoms. The number of halogens is 2. The molecule has 0 aliphatic carbocycles. The zero-order valence-corrected chi connectivity index (χ0v) is 11.1. The van der Waals surface area contributed by atoms with E-state index < -0.39 is 0 Å². The standard InChI is InChI=1S/C12H11BrFN3O/c13-7-1-2-9(14)11(5-7)17-10-3-4-18-6-8(10)12(15)16-17/h1-2,5H,3-4,6H2,(H2,15,16). The van der Waals surface area contributed by atoms with Crippen LogP contribution in [-0.2, 0) is 17.8 Å². The molecule has 2 aromatic rings. The van der Waals surface area contributed by atoms with Gasteiger partial charge < -0.3 is 10.5 Å². The molecule has 2 heterocycles. The SMILES string of the molecule is Nc1nn(-c2cc(Br)ccc2F)c2c1COCC2. The van der Waals surface area contributed by atoms with E-state index in [0.717, 1.165) is 15.7 Å². The molecule has 2 N–H and O–H groups in total. The van der Waals surface area contributed by atoms with Gasteiger partial charge >= 0.3 is 0 Å². The molecule has 0 fully saturated rings. The minimum absolute atomic E-state index is 0.324. The average molecular weight is 312 g/mol. The molecule has 6 heteroatoms. The maximum atomic E-state index is 13.9. The number of nitrogen functional groups attached to an aromatic ring is 1. The topological polar surface area (TPSA) is 53.1 Å². The maximum absolute atomic E-state index is 13.9. The first kappa shape index (κ1) is 11.7. The van der Waals surface area contributed by atoms with Gasteiger partial charge in [-0.15, -0.1) is 5.10 Å². The molecule has 0 radical (unpaired) electrons. The summed E-state index contributed by atoms with van der Waals surface area (Å²) in [4.78, 5) is 0. The molecule has 0 bridgehead atoms. The quantitative estimate of drug-likeness (QED) is 0.880. The number of aromatic nitrogens is 2. The molecule has 1 aromatic carbocycles. The van der Waals surface area contributed by atoms with Crippen molar-refractivity contribution in [3.05, 3.63) is 39.7 Å². The Kier molecular flexibility index (Phi) is 2.83. The van der Waals surface area contributed by atoms with Crippen molar-refractivity contribution in [2.75, 3.05) is 12.3 Å². The predicted octanol–water partition coefficient (Wildman–Crippen LogP) is 2.43. The molecule has 0 saturated heterocycles. The third-order valence-corrected chi connectivity index (χ3v) is 3.48. The lowest BCUT2D eigenvalue weighted by atomic mass is 10.1. The summed E-state index contributed by atoms with van der Waals surface area (Å²) in [6, 6.07) is 4.75. The minimum atomic E-state index is -0.324. The summed E-state index contributed by atoms with van der Waals surface area (Å²) in [5.74, 6) is 0.0825. The van der Waals surface area contributed by atoms with E-state index in [2.05, 4.69) is 21.0 Å². The Hall–Kier alpha value is -1.40. The van der Waals surface area contributed by atoms with Crippen LogP contribution in [0, 0.1) is 5.82 Å². The molecular formula is C12H11BrFN3O. The molecule has 4 nitrogen and oxygen atoms in total. The number of fused-ring (bicyclic) bond motifs is 1. The molecule has 1 aromatic heterocycles. The number of benzene rings is 1. The summed E-state index contributed by atoms with van der Waals surface area (Å²) in [5, 5.41) is 4.22. The van der Waals surface area contributed by atoms with Crippen LogP contribution in [0.25, 0.3) is 5.69 Å². The zero-order valence-electron chi connectivity index (χ0n) is 9.49. The largest absolute Gasteiger partial charge is 0.382 e. The molecule has 0 atom stereocenters. The van der Waals surface area contributed by atoms with Crippen LogP contribution in [0.4, 0.5) is 10.2 Å². The summed E-state index contributed by atoms with van der Waals surface area (Å²) in [5.41, 5.74) is 8.03. The van der Waals surface area contributed by atoms with Crippen molar-refractivity contribution < 1.29 is 9.13 Å². The van der Waals surface area contributed by atoms with Crippen LogP contribution in [0.1, 0.15) is 11.3 Å². The number of rotatable bonds is 1.